The van der Waals surface area contributed by atoms with Crippen LogP contribution in [0.25, 0.3) is 16.7 Å². The second-order valence-electron chi connectivity index (χ2n) is 6.38. The average Bonchev–Trinajstić information content (AvgIpc) is 2.65. The van der Waals surface area contributed by atoms with Crippen LogP contribution >= 0.6 is 0 Å². The number of carbonyl (C=O) groups excluding carboxylic acids is 1. The van der Waals surface area contributed by atoms with Gasteiger partial charge in [-0.2, -0.15) is 0 Å². The van der Waals surface area contributed by atoms with Gasteiger partial charge in [0.05, 0.1) is 13.2 Å². The van der Waals surface area contributed by atoms with Gasteiger partial charge in [-0.05, 0) is 25.5 Å². The molecule has 3 rings (SSSR count). The van der Waals surface area contributed by atoms with Gasteiger partial charge < -0.3 is 15.8 Å². The number of nitrogens with one attached hydrogen (secondary N) is 1. The summed E-state index contributed by atoms with van der Waals surface area (Å²) in [5.74, 6) is -0.0471. The second kappa shape index (κ2) is 7.71. The molecule has 1 amide bonds. The monoisotopic (exact) mass is 370 g/mol. The zero-order valence-electron chi connectivity index (χ0n) is 15.8. The van der Waals surface area contributed by atoms with Gasteiger partial charge >= 0.3 is 0 Å². The highest BCUT2D eigenvalue weighted by Crippen LogP contribution is 2.16. The van der Waals surface area contributed by atoms with Gasteiger partial charge in [-0.1, -0.05) is 18.0 Å². The first-order valence-electron chi connectivity index (χ1n) is 8.90. The number of anilines is 1. The Labute approximate surface area is 156 Å². The van der Waals surface area contributed by atoms with E-state index >= 15 is 0 Å². The van der Waals surface area contributed by atoms with E-state index in [-0.39, 0.29) is 17.0 Å². The summed E-state index contributed by atoms with van der Waals surface area (Å²) in [7, 11) is 1.56. The zero-order valence-corrected chi connectivity index (χ0v) is 15.8. The van der Waals surface area contributed by atoms with E-state index in [2.05, 4.69) is 10.3 Å². The number of methoxy groups -OCH3 is 1. The summed E-state index contributed by atoms with van der Waals surface area (Å²) in [5, 5.41) is 3.11. The number of nitrogens with two attached hydrogens (primary N) is 1. The van der Waals surface area contributed by atoms with Crippen molar-refractivity contribution in [2.45, 2.75) is 26.8 Å². The molecule has 0 spiro atoms. The van der Waals surface area contributed by atoms with Crippen molar-refractivity contribution < 1.29 is 14.1 Å². The molecule has 8 heteroatoms. The van der Waals surface area contributed by atoms with Gasteiger partial charge in [-0.25, -0.2) is 4.57 Å². The van der Waals surface area contributed by atoms with Crippen molar-refractivity contribution >= 4 is 28.4 Å². The van der Waals surface area contributed by atoms with Crippen LogP contribution in [0.1, 0.15) is 29.3 Å². The third-order valence-corrected chi connectivity index (χ3v) is 4.46. The molecule has 0 aliphatic heterocycles. The summed E-state index contributed by atoms with van der Waals surface area (Å²) in [5.41, 5.74) is 8.29. The second-order valence-corrected chi connectivity index (χ2v) is 6.38. The highest BCUT2D eigenvalue weighted by molar-refractivity contribution is 6.00. The molecule has 3 aromatic rings. The number of ether oxygens (including phenoxy) is 1. The third kappa shape index (κ3) is 3.35. The summed E-state index contributed by atoms with van der Waals surface area (Å²) in [6, 6.07) is 5.23. The lowest BCUT2D eigenvalue weighted by Gasteiger charge is -2.12. The van der Waals surface area contributed by atoms with Gasteiger partial charge in [0, 0.05) is 25.4 Å². The summed E-state index contributed by atoms with van der Waals surface area (Å²) >= 11 is 0. The maximum Gasteiger partial charge on any atom is 0.278 e. The Morgan fingerprint density at radius 1 is 1.44 bits per heavy atom. The van der Waals surface area contributed by atoms with E-state index in [4.69, 9.17) is 10.5 Å². The number of rotatable bonds is 6. The molecule has 0 fully saturated rings. The zero-order chi connectivity index (χ0) is 19.6. The molecule has 0 radical (unpaired) electrons. The molecule has 0 aliphatic rings. The van der Waals surface area contributed by atoms with Crippen LogP contribution in [0, 0.1) is 6.92 Å². The fourth-order valence-corrected chi connectivity index (χ4v) is 3.10. The number of nitrogen functional groups attached to an aromatic ring is 1. The van der Waals surface area contributed by atoms with E-state index in [1.807, 2.05) is 19.9 Å². The quantitative estimate of drug-likeness (QED) is 0.380. The van der Waals surface area contributed by atoms with Crippen molar-refractivity contribution in [3.05, 3.63) is 45.9 Å². The number of hydrogen-bond acceptors (Lipinski definition) is 5. The van der Waals surface area contributed by atoms with E-state index in [0.717, 1.165) is 12.0 Å². The molecule has 0 aliphatic carbocycles. The number of fused-ring (bicyclic) bond motifs is 2. The normalized spacial score (nSPS) is 11.2. The first-order valence-corrected chi connectivity index (χ1v) is 8.90. The minimum atomic E-state index is -0.343. The predicted octanol–water partition coefficient (Wildman–Crippen LogP) is 0.812. The molecule has 3 aromatic heterocycles. The molecule has 0 aromatic carbocycles. The maximum absolute atomic E-state index is 13.1. The van der Waals surface area contributed by atoms with Gasteiger partial charge in [-0.3, -0.25) is 14.0 Å². The number of amides is 1. The first-order chi connectivity index (χ1) is 13.0. The molecular weight excluding hydrogens is 346 g/mol. The molecule has 0 atom stereocenters. The van der Waals surface area contributed by atoms with Crippen LogP contribution in [-0.4, -0.2) is 35.6 Å². The standard InChI is InChI=1S/C19H23N5O3/c1-4-8-23-15(20)13(18(25)21-7-10-27-3)11-14-17(23)22-16-12(2)6-5-9-24(16)19(14)26/h5-6,9,11,20H,4,7-8,10H2,1-3H3,(H,21,25)/p+1. The van der Waals surface area contributed by atoms with E-state index in [0.29, 0.717) is 42.2 Å². The van der Waals surface area contributed by atoms with Gasteiger partial charge in [-0.15, -0.1) is 0 Å². The van der Waals surface area contributed by atoms with Crippen molar-refractivity contribution in [2.24, 2.45) is 0 Å². The van der Waals surface area contributed by atoms with E-state index in [9.17, 15) is 9.59 Å². The number of hydrogen-bond donors (Lipinski definition) is 2. The van der Waals surface area contributed by atoms with Crippen LogP contribution in [0.2, 0.25) is 0 Å². The average molecular weight is 370 g/mol. The minimum Gasteiger partial charge on any atom is -0.383 e. The Hall–Kier alpha value is -3.00. The van der Waals surface area contributed by atoms with Crippen LogP contribution in [0.15, 0.2) is 29.2 Å². The van der Waals surface area contributed by atoms with Gasteiger partial charge in [0.2, 0.25) is 11.5 Å². The Balaban J connectivity index is 2.29. The lowest BCUT2D eigenvalue weighted by Crippen LogP contribution is -2.43. The lowest BCUT2D eigenvalue weighted by atomic mass is 10.1. The molecule has 8 nitrogen and oxygen atoms in total. The topological polar surface area (TPSA) is 103 Å². The van der Waals surface area contributed by atoms with Gasteiger partial charge in [0.15, 0.2) is 0 Å². The van der Waals surface area contributed by atoms with E-state index in [1.165, 1.54) is 10.5 Å². The minimum absolute atomic E-state index is 0.227. The van der Waals surface area contributed by atoms with Crippen molar-refractivity contribution in [3.8, 4) is 0 Å². The molecule has 0 saturated heterocycles. The summed E-state index contributed by atoms with van der Waals surface area (Å²) < 4.78 is 8.20. The van der Waals surface area contributed by atoms with Crippen molar-refractivity contribution in [1.82, 2.24) is 14.7 Å². The summed E-state index contributed by atoms with van der Waals surface area (Å²) in [4.78, 5) is 30.3. The summed E-state index contributed by atoms with van der Waals surface area (Å²) in [6.45, 7) is 5.20. The Bertz CT molecular complexity index is 1070. The largest absolute Gasteiger partial charge is 0.383 e. The molecule has 0 bridgehead atoms. The molecule has 3 N–H and O–H groups in total. The fourth-order valence-electron chi connectivity index (χ4n) is 3.10. The first kappa shape index (κ1) is 18.8. The van der Waals surface area contributed by atoms with Gasteiger partial charge in [0.25, 0.3) is 17.1 Å². The van der Waals surface area contributed by atoms with Crippen LogP contribution in [-0.2, 0) is 11.3 Å². The molecule has 27 heavy (non-hydrogen) atoms. The highest BCUT2D eigenvalue weighted by atomic mass is 16.5. The molecule has 142 valence electrons. The van der Waals surface area contributed by atoms with E-state index < -0.39 is 0 Å². The number of aryl methyl sites for hydroxylation is 2. The molecular formula is C19H24N5O3+. The Morgan fingerprint density at radius 2 is 2.22 bits per heavy atom. The number of aromatic nitrogens is 3. The number of nitrogens with zero attached hydrogens (tertiary/aromatic N) is 3. The molecule has 3 heterocycles. The summed E-state index contributed by atoms with van der Waals surface area (Å²) in [6.07, 6.45) is 2.46. The Morgan fingerprint density at radius 3 is 2.93 bits per heavy atom. The van der Waals surface area contributed by atoms with Crippen LogP contribution in [0.4, 0.5) is 5.82 Å². The number of pyridine rings is 2. The lowest BCUT2D eigenvalue weighted by molar-refractivity contribution is -0.658. The van der Waals surface area contributed by atoms with Crippen molar-refractivity contribution in [3.63, 3.8) is 0 Å². The highest BCUT2D eigenvalue weighted by Gasteiger charge is 2.24. The smallest absolute Gasteiger partial charge is 0.278 e. The molecule has 0 unspecified atom stereocenters. The van der Waals surface area contributed by atoms with Crippen LogP contribution < -0.4 is 21.2 Å². The van der Waals surface area contributed by atoms with Crippen LogP contribution in [0.5, 0.6) is 0 Å². The van der Waals surface area contributed by atoms with Crippen molar-refractivity contribution in [2.75, 3.05) is 26.0 Å². The molecule has 0 saturated carbocycles. The Kier molecular flexibility index (Phi) is 5.36. The number of carbonyl (C=O) groups is 1. The maximum atomic E-state index is 13.1. The third-order valence-electron chi connectivity index (χ3n) is 4.46. The van der Waals surface area contributed by atoms with E-state index in [1.54, 1.807) is 23.9 Å². The fraction of sp³-hybridized carbons (Fsp3) is 0.368. The van der Waals surface area contributed by atoms with Gasteiger partial charge in [0.1, 0.15) is 10.9 Å². The van der Waals surface area contributed by atoms with Crippen LogP contribution in [0.3, 0.4) is 0 Å². The predicted molar refractivity (Wildman–Crippen MR) is 103 cm³/mol. The SMILES string of the molecule is CCC[n+]1c(N)c(C(=O)NCCOC)cc2c(=O)n3cccc(C)c3nc21. The van der Waals surface area contributed by atoms with Crippen molar-refractivity contribution in [1.29, 1.82) is 0 Å².